The lowest BCUT2D eigenvalue weighted by molar-refractivity contribution is 0.0883. The summed E-state index contributed by atoms with van der Waals surface area (Å²) in [5, 5.41) is 9.27. The monoisotopic (exact) mass is 406 g/mol. The van der Waals surface area contributed by atoms with Crippen molar-refractivity contribution in [2.45, 2.75) is 25.9 Å². The van der Waals surface area contributed by atoms with Crippen molar-refractivity contribution in [3.05, 3.63) is 52.5 Å². The van der Waals surface area contributed by atoms with Gasteiger partial charge in [0, 0.05) is 42.8 Å². The van der Waals surface area contributed by atoms with Crippen LogP contribution in [0.5, 0.6) is 0 Å². The number of anilines is 1. The van der Waals surface area contributed by atoms with Crippen molar-refractivity contribution in [2.24, 2.45) is 0 Å². The molecule has 1 saturated heterocycles. The summed E-state index contributed by atoms with van der Waals surface area (Å²) in [4.78, 5) is 6.39. The van der Waals surface area contributed by atoms with E-state index in [-0.39, 0.29) is 17.9 Å². The third kappa shape index (κ3) is 5.48. The van der Waals surface area contributed by atoms with Gasteiger partial charge in [0.2, 0.25) is 0 Å². The second-order valence-corrected chi connectivity index (χ2v) is 8.21. The van der Waals surface area contributed by atoms with Gasteiger partial charge in [0.05, 0.1) is 6.04 Å². The van der Waals surface area contributed by atoms with Crippen molar-refractivity contribution < 1.29 is 4.39 Å². The van der Waals surface area contributed by atoms with Gasteiger partial charge in [0.1, 0.15) is 5.82 Å². The highest BCUT2D eigenvalue weighted by molar-refractivity contribution is 7.80. The lowest BCUT2D eigenvalue weighted by atomic mass is 10.1. The molecular formula is C20H27FN4S2. The molecule has 7 heteroatoms. The number of nitrogens with zero attached hydrogens (tertiary/aromatic N) is 2. The Morgan fingerprint density at radius 1 is 1.19 bits per heavy atom. The minimum Gasteiger partial charge on any atom is -0.358 e. The predicted molar refractivity (Wildman–Crippen MR) is 116 cm³/mol. The number of hydrogen-bond acceptors (Lipinski definition) is 4. The summed E-state index contributed by atoms with van der Waals surface area (Å²) in [6, 6.07) is 11.0. The minimum absolute atomic E-state index is 0.150. The first-order valence-electron chi connectivity index (χ1n) is 9.39. The van der Waals surface area contributed by atoms with Crippen LogP contribution in [0.1, 0.15) is 24.8 Å². The van der Waals surface area contributed by atoms with Crippen LogP contribution >= 0.6 is 23.6 Å². The third-order valence-corrected chi connectivity index (χ3v) is 6.18. The van der Waals surface area contributed by atoms with Crippen LogP contribution in [-0.2, 0) is 0 Å². The highest BCUT2D eigenvalue weighted by atomic mass is 32.1. The summed E-state index contributed by atoms with van der Waals surface area (Å²) in [6.45, 7) is 9.82. The highest BCUT2D eigenvalue weighted by Crippen LogP contribution is 2.29. The van der Waals surface area contributed by atoms with Gasteiger partial charge in [-0.25, -0.2) is 4.39 Å². The number of nitrogens with one attached hydrogen (secondary N) is 2. The second kappa shape index (κ2) is 9.59. The molecule has 2 atom stereocenters. The van der Waals surface area contributed by atoms with Gasteiger partial charge in [-0.15, -0.1) is 11.3 Å². The SMILES string of the molecule is CCN1CCN(C(c2cccs2)C(C)NC(=S)Nc2ccc(F)cc2)CC1. The molecule has 0 radical (unpaired) electrons. The zero-order valence-corrected chi connectivity index (χ0v) is 17.5. The number of rotatable bonds is 6. The second-order valence-electron chi connectivity index (χ2n) is 6.82. The van der Waals surface area contributed by atoms with Crippen LogP contribution in [0.25, 0.3) is 0 Å². The Hall–Kier alpha value is -1.54. The van der Waals surface area contributed by atoms with E-state index in [4.69, 9.17) is 12.2 Å². The van der Waals surface area contributed by atoms with Gasteiger partial charge in [-0.3, -0.25) is 4.90 Å². The van der Waals surface area contributed by atoms with E-state index in [1.807, 2.05) is 0 Å². The summed E-state index contributed by atoms with van der Waals surface area (Å²) in [5.74, 6) is -0.253. The number of likely N-dealkylation sites (N-methyl/N-ethyl adjacent to an activating group) is 1. The molecule has 0 bridgehead atoms. The first kappa shape index (κ1) is 20.2. The van der Waals surface area contributed by atoms with Gasteiger partial charge in [-0.1, -0.05) is 13.0 Å². The molecule has 2 aromatic rings. The molecule has 0 spiro atoms. The first-order chi connectivity index (χ1) is 13.1. The summed E-state index contributed by atoms with van der Waals surface area (Å²) >= 11 is 7.28. The average molecular weight is 407 g/mol. The van der Waals surface area contributed by atoms with Crippen molar-refractivity contribution >= 4 is 34.4 Å². The van der Waals surface area contributed by atoms with Gasteiger partial charge < -0.3 is 15.5 Å². The Balaban J connectivity index is 1.65. The van der Waals surface area contributed by atoms with Crippen LogP contribution < -0.4 is 10.6 Å². The number of benzene rings is 1. The number of thiophene rings is 1. The van der Waals surface area contributed by atoms with Gasteiger partial charge in [0.15, 0.2) is 5.11 Å². The average Bonchev–Trinajstić information content (AvgIpc) is 3.18. The number of piperazine rings is 1. The molecule has 2 N–H and O–H groups in total. The van der Waals surface area contributed by atoms with Crippen LogP contribution in [0.4, 0.5) is 10.1 Å². The summed E-state index contributed by atoms with van der Waals surface area (Å²) in [5.41, 5.74) is 0.783. The Morgan fingerprint density at radius 2 is 1.89 bits per heavy atom. The third-order valence-electron chi connectivity index (χ3n) is 5.02. The Bertz CT molecular complexity index is 712. The van der Waals surface area contributed by atoms with Crippen molar-refractivity contribution in [1.29, 1.82) is 0 Å². The molecular weight excluding hydrogens is 379 g/mol. The van der Waals surface area contributed by atoms with E-state index in [2.05, 4.69) is 51.8 Å². The molecule has 2 unspecified atom stereocenters. The topological polar surface area (TPSA) is 30.5 Å². The van der Waals surface area contributed by atoms with E-state index in [9.17, 15) is 4.39 Å². The van der Waals surface area contributed by atoms with E-state index < -0.39 is 0 Å². The standard InChI is InChI=1S/C20H27FN4S2/c1-3-24-10-12-25(13-11-24)19(18-5-4-14-27-18)15(2)22-20(26)23-17-8-6-16(21)7-9-17/h4-9,14-15,19H,3,10-13H2,1-2H3,(H2,22,23,26). The molecule has 3 rings (SSSR count). The maximum absolute atomic E-state index is 13.1. The zero-order valence-electron chi connectivity index (χ0n) is 15.8. The number of hydrogen-bond donors (Lipinski definition) is 2. The largest absolute Gasteiger partial charge is 0.358 e. The van der Waals surface area contributed by atoms with Crippen LogP contribution in [0.2, 0.25) is 0 Å². The van der Waals surface area contributed by atoms with Crippen LogP contribution in [0, 0.1) is 5.82 Å². The maximum atomic E-state index is 13.1. The molecule has 1 aliphatic rings. The smallest absolute Gasteiger partial charge is 0.171 e. The molecule has 1 aliphatic heterocycles. The van der Waals surface area contributed by atoms with Gasteiger partial charge in [-0.2, -0.15) is 0 Å². The van der Waals surface area contributed by atoms with Gasteiger partial charge >= 0.3 is 0 Å². The zero-order chi connectivity index (χ0) is 19.2. The maximum Gasteiger partial charge on any atom is 0.171 e. The van der Waals surface area contributed by atoms with Crippen LogP contribution in [0.3, 0.4) is 0 Å². The van der Waals surface area contributed by atoms with Crippen molar-refractivity contribution in [2.75, 3.05) is 38.0 Å². The fourth-order valence-electron chi connectivity index (χ4n) is 3.55. The summed E-state index contributed by atoms with van der Waals surface area (Å²) < 4.78 is 13.1. The summed E-state index contributed by atoms with van der Waals surface area (Å²) in [6.07, 6.45) is 0. The molecule has 2 heterocycles. The molecule has 0 aliphatic carbocycles. The fourth-order valence-corrected chi connectivity index (χ4v) is 4.81. The van der Waals surface area contributed by atoms with E-state index in [1.54, 1.807) is 23.5 Å². The van der Waals surface area contributed by atoms with E-state index >= 15 is 0 Å². The molecule has 4 nitrogen and oxygen atoms in total. The van der Waals surface area contributed by atoms with Gasteiger partial charge in [0.25, 0.3) is 0 Å². The molecule has 27 heavy (non-hydrogen) atoms. The molecule has 0 amide bonds. The molecule has 1 fully saturated rings. The Labute approximate surface area is 170 Å². The van der Waals surface area contributed by atoms with E-state index in [0.717, 1.165) is 38.4 Å². The first-order valence-corrected chi connectivity index (χ1v) is 10.7. The summed E-state index contributed by atoms with van der Waals surface area (Å²) in [7, 11) is 0. The van der Waals surface area contributed by atoms with Crippen molar-refractivity contribution in [3.63, 3.8) is 0 Å². The van der Waals surface area contributed by atoms with Crippen LogP contribution in [-0.4, -0.2) is 53.7 Å². The van der Waals surface area contributed by atoms with E-state index in [1.165, 1.54) is 17.0 Å². The van der Waals surface area contributed by atoms with Crippen molar-refractivity contribution in [1.82, 2.24) is 15.1 Å². The lowest BCUT2D eigenvalue weighted by Crippen LogP contribution is -2.52. The van der Waals surface area contributed by atoms with Crippen LogP contribution in [0.15, 0.2) is 41.8 Å². The molecule has 146 valence electrons. The minimum atomic E-state index is -0.253. The predicted octanol–water partition coefficient (Wildman–Crippen LogP) is 3.94. The lowest BCUT2D eigenvalue weighted by Gasteiger charge is -2.41. The van der Waals surface area contributed by atoms with Crippen molar-refractivity contribution in [3.8, 4) is 0 Å². The fraction of sp³-hybridized carbons (Fsp3) is 0.450. The molecule has 1 aromatic heterocycles. The molecule has 1 aromatic carbocycles. The number of thiocarbonyl (C=S) groups is 1. The quantitative estimate of drug-likeness (QED) is 0.710. The Morgan fingerprint density at radius 3 is 2.48 bits per heavy atom. The van der Waals surface area contributed by atoms with Gasteiger partial charge in [-0.05, 0) is 61.4 Å². The highest BCUT2D eigenvalue weighted by Gasteiger charge is 2.30. The Kier molecular flexibility index (Phi) is 7.18. The van der Waals surface area contributed by atoms with E-state index in [0.29, 0.717) is 5.11 Å². The number of halogens is 1. The normalized spacial score (nSPS) is 18.0. The molecule has 0 saturated carbocycles.